The summed E-state index contributed by atoms with van der Waals surface area (Å²) < 4.78 is 5.45. The Bertz CT molecular complexity index is 489. The summed E-state index contributed by atoms with van der Waals surface area (Å²) in [7, 11) is 2.01. The highest BCUT2D eigenvalue weighted by molar-refractivity contribution is 5.37. The van der Waals surface area contributed by atoms with Crippen molar-refractivity contribution in [1.82, 2.24) is 4.90 Å². The van der Waals surface area contributed by atoms with Gasteiger partial charge >= 0.3 is 0 Å². The van der Waals surface area contributed by atoms with Crippen LogP contribution >= 0.6 is 0 Å². The Kier molecular flexibility index (Phi) is 6.15. The number of aliphatic hydroxyl groups excluding tert-OH is 1. The number of rotatable bonds is 8. The molecule has 1 N–H and O–H groups in total. The van der Waals surface area contributed by atoms with Crippen molar-refractivity contribution in [2.45, 2.75) is 31.8 Å². The molecule has 22 heavy (non-hydrogen) atoms. The van der Waals surface area contributed by atoms with Crippen LogP contribution in [0.25, 0.3) is 0 Å². The van der Waals surface area contributed by atoms with Crippen LogP contribution in [0.4, 0.5) is 5.69 Å². The van der Waals surface area contributed by atoms with Crippen LogP contribution in [0.15, 0.2) is 24.3 Å². The molecule has 1 aromatic rings. The van der Waals surface area contributed by atoms with Crippen LogP contribution in [-0.2, 0) is 0 Å². The van der Waals surface area contributed by atoms with Gasteiger partial charge in [0.2, 0.25) is 0 Å². The number of nitro groups is 1. The fraction of sp³-hybridized carbons (Fsp3) is 0.625. The standard InChI is InChI=1S/C16H24N2O4/c1-17(10-13-5-2-3-6-13)11-15(19)12-22-16-8-4-7-14(9-16)18(20)21/h4,7-9,13,15,19H,2-3,5-6,10-12H2,1H3. The Balaban J connectivity index is 1.73. The SMILES string of the molecule is CN(CC(O)COc1cccc([N+](=O)[O-])c1)CC1CCCC1. The number of aliphatic hydroxyl groups is 1. The van der Waals surface area contributed by atoms with Gasteiger partial charge in [0, 0.05) is 19.2 Å². The normalized spacial score (nSPS) is 16.9. The van der Waals surface area contributed by atoms with E-state index >= 15 is 0 Å². The lowest BCUT2D eigenvalue weighted by Gasteiger charge is -2.23. The third kappa shape index (κ3) is 5.27. The van der Waals surface area contributed by atoms with E-state index in [2.05, 4.69) is 4.90 Å². The van der Waals surface area contributed by atoms with E-state index in [0.717, 1.165) is 12.5 Å². The lowest BCUT2D eigenvalue weighted by Crippen LogP contribution is -2.35. The smallest absolute Gasteiger partial charge is 0.273 e. The highest BCUT2D eigenvalue weighted by Crippen LogP contribution is 2.25. The van der Waals surface area contributed by atoms with Gasteiger partial charge in [-0.15, -0.1) is 0 Å². The lowest BCUT2D eigenvalue weighted by atomic mass is 10.1. The molecule has 1 aliphatic rings. The van der Waals surface area contributed by atoms with Gasteiger partial charge in [0.25, 0.3) is 5.69 Å². The summed E-state index contributed by atoms with van der Waals surface area (Å²) in [5.41, 5.74) is -0.00894. The summed E-state index contributed by atoms with van der Waals surface area (Å²) in [6.07, 6.45) is 4.59. The maximum Gasteiger partial charge on any atom is 0.273 e. The van der Waals surface area contributed by atoms with Crippen LogP contribution < -0.4 is 4.74 Å². The molecule has 0 amide bonds. The molecule has 0 heterocycles. The first kappa shape index (κ1) is 16.7. The molecular weight excluding hydrogens is 284 g/mol. The van der Waals surface area contributed by atoms with Crippen LogP contribution in [0, 0.1) is 16.0 Å². The van der Waals surface area contributed by atoms with Crippen molar-refractivity contribution >= 4 is 5.69 Å². The zero-order valence-electron chi connectivity index (χ0n) is 13.0. The van der Waals surface area contributed by atoms with Crippen molar-refractivity contribution in [3.05, 3.63) is 34.4 Å². The Labute approximate surface area is 130 Å². The molecule has 6 heteroatoms. The second kappa shape index (κ2) is 8.10. The fourth-order valence-corrected chi connectivity index (χ4v) is 3.00. The molecule has 0 radical (unpaired) electrons. The summed E-state index contributed by atoms with van der Waals surface area (Å²) in [5.74, 6) is 1.15. The number of nitro benzene ring substituents is 1. The largest absolute Gasteiger partial charge is 0.491 e. The van der Waals surface area contributed by atoms with Crippen LogP contribution in [0.1, 0.15) is 25.7 Å². The lowest BCUT2D eigenvalue weighted by molar-refractivity contribution is -0.384. The minimum atomic E-state index is -0.606. The first-order valence-electron chi connectivity index (χ1n) is 7.78. The molecule has 122 valence electrons. The Morgan fingerprint density at radius 3 is 2.86 bits per heavy atom. The van der Waals surface area contributed by atoms with Crippen LogP contribution in [0.3, 0.4) is 0 Å². The number of ether oxygens (including phenoxy) is 1. The summed E-state index contributed by atoms with van der Waals surface area (Å²) in [5, 5.41) is 20.7. The van der Waals surface area contributed by atoms with E-state index in [1.165, 1.54) is 37.8 Å². The van der Waals surface area contributed by atoms with Gasteiger partial charge in [-0.3, -0.25) is 10.1 Å². The van der Waals surface area contributed by atoms with Gasteiger partial charge in [-0.1, -0.05) is 18.9 Å². The Morgan fingerprint density at radius 1 is 1.45 bits per heavy atom. The quantitative estimate of drug-likeness (QED) is 0.590. The summed E-state index contributed by atoms with van der Waals surface area (Å²) in [4.78, 5) is 12.4. The highest BCUT2D eigenvalue weighted by Gasteiger charge is 2.18. The van der Waals surface area contributed by atoms with Crippen LogP contribution in [0.5, 0.6) is 5.75 Å². The molecule has 1 aliphatic carbocycles. The predicted molar refractivity (Wildman–Crippen MR) is 84.1 cm³/mol. The number of nitrogens with zero attached hydrogens (tertiary/aromatic N) is 2. The predicted octanol–water partition coefficient (Wildman–Crippen LogP) is 2.46. The van der Waals surface area contributed by atoms with Crippen molar-refractivity contribution in [2.75, 3.05) is 26.7 Å². The van der Waals surface area contributed by atoms with Crippen molar-refractivity contribution in [3.8, 4) is 5.75 Å². The first-order valence-corrected chi connectivity index (χ1v) is 7.78. The molecule has 0 bridgehead atoms. The van der Waals surface area contributed by atoms with E-state index in [0.29, 0.717) is 12.3 Å². The number of benzene rings is 1. The second-order valence-corrected chi connectivity index (χ2v) is 6.09. The minimum Gasteiger partial charge on any atom is -0.491 e. The van der Waals surface area contributed by atoms with Gasteiger partial charge < -0.3 is 14.7 Å². The number of likely N-dealkylation sites (N-methyl/N-ethyl adjacent to an activating group) is 1. The highest BCUT2D eigenvalue weighted by atomic mass is 16.6. The molecule has 1 aromatic carbocycles. The van der Waals surface area contributed by atoms with Gasteiger partial charge in [0.1, 0.15) is 18.5 Å². The van der Waals surface area contributed by atoms with E-state index in [9.17, 15) is 15.2 Å². The second-order valence-electron chi connectivity index (χ2n) is 6.09. The Morgan fingerprint density at radius 2 is 2.18 bits per heavy atom. The minimum absolute atomic E-state index is 0.00894. The Hall–Kier alpha value is -1.66. The average Bonchev–Trinajstić information content (AvgIpc) is 2.98. The van der Waals surface area contributed by atoms with Gasteiger partial charge in [-0.2, -0.15) is 0 Å². The molecule has 1 fully saturated rings. The maximum absolute atomic E-state index is 10.7. The number of hydrogen-bond acceptors (Lipinski definition) is 5. The van der Waals surface area contributed by atoms with E-state index in [-0.39, 0.29) is 12.3 Å². The van der Waals surface area contributed by atoms with Crippen LogP contribution in [0.2, 0.25) is 0 Å². The van der Waals surface area contributed by atoms with Gasteiger partial charge in [-0.05, 0) is 31.9 Å². The monoisotopic (exact) mass is 308 g/mol. The topological polar surface area (TPSA) is 75.8 Å². The zero-order chi connectivity index (χ0) is 15.9. The number of non-ortho nitro benzene ring substituents is 1. The van der Waals surface area contributed by atoms with Gasteiger partial charge in [-0.25, -0.2) is 0 Å². The van der Waals surface area contributed by atoms with Crippen molar-refractivity contribution in [3.63, 3.8) is 0 Å². The molecular formula is C16H24N2O4. The van der Waals surface area contributed by atoms with Crippen molar-refractivity contribution in [2.24, 2.45) is 5.92 Å². The van der Waals surface area contributed by atoms with Crippen molar-refractivity contribution in [1.29, 1.82) is 0 Å². The summed E-state index contributed by atoms with van der Waals surface area (Å²) in [6.45, 7) is 1.69. The van der Waals surface area contributed by atoms with Crippen molar-refractivity contribution < 1.29 is 14.8 Å². The third-order valence-electron chi connectivity index (χ3n) is 4.04. The molecule has 2 rings (SSSR count). The molecule has 6 nitrogen and oxygen atoms in total. The first-order chi connectivity index (χ1) is 10.5. The molecule has 0 saturated heterocycles. The third-order valence-corrected chi connectivity index (χ3v) is 4.04. The maximum atomic E-state index is 10.7. The molecule has 0 spiro atoms. The average molecular weight is 308 g/mol. The molecule has 1 atom stereocenters. The molecule has 0 aliphatic heterocycles. The number of hydrogen-bond donors (Lipinski definition) is 1. The van der Waals surface area contributed by atoms with Gasteiger partial charge in [0.15, 0.2) is 0 Å². The molecule has 0 aromatic heterocycles. The van der Waals surface area contributed by atoms with Gasteiger partial charge in [0.05, 0.1) is 11.0 Å². The molecule has 1 unspecified atom stereocenters. The zero-order valence-corrected chi connectivity index (χ0v) is 13.0. The molecule has 1 saturated carbocycles. The van der Waals surface area contributed by atoms with Crippen LogP contribution in [-0.4, -0.2) is 47.8 Å². The van der Waals surface area contributed by atoms with E-state index < -0.39 is 11.0 Å². The van der Waals surface area contributed by atoms with E-state index in [1.807, 2.05) is 7.05 Å². The summed E-state index contributed by atoms with van der Waals surface area (Å²) >= 11 is 0. The summed E-state index contributed by atoms with van der Waals surface area (Å²) in [6, 6.07) is 6.02. The van der Waals surface area contributed by atoms with E-state index in [1.54, 1.807) is 12.1 Å². The fourth-order valence-electron chi connectivity index (χ4n) is 3.00. The van der Waals surface area contributed by atoms with E-state index in [4.69, 9.17) is 4.74 Å².